The summed E-state index contributed by atoms with van der Waals surface area (Å²) in [5.41, 5.74) is 3.69. The zero-order valence-corrected chi connectivity index (χ0v) is 21.3. The topological polar surface area (TPSA) is 68.3 Å². The van der Waals surface area contributed by atoms with Gasteiger partial charge in [-0.15, -0.1) is 0 Å². The second kappa shape index (κ2) is 10.7. The van der Waals surface area contributed by atoms with Crippen molar-refractivity contribution in [3.8, 4) is 5.75 Å². The van der Waals surface area contributed by atoms with E-state index < -0.39 is 14.0 Å². The van der Waals surface area contributed by atoms with Gasteiger partial charge in [0, 0.05) is 29.6 Å². The summed E-state index contributed by atoms with van der Waals surface area (Å²) in [5, 5.41) is 4.03. The Hall–Kier alpha value is -2.99. The minimum atomic E-state index is -1.35. The zero-order valence-electron chi connectivity index (χ0n) is 20.3. The molecule has 0 fully saturated rings. The molecule has 0 aliphatic carbocycles. The average molecular weight is 463 g/mol. The van der Waals surface area contributed by atoms with Crippen molar-refractivity contribution in [1.29, 1.82) is 0 Å². The van der Waals surface area contributed by atoms with Gasteiger partial charge in [-0.3, -0.25) is 14.6 Å². The van der Waals surface area contributed by atoms with Crippen LogP contribution < -0.4 is 10.1 Å². The highest BCUT2D eigenvalue weighted by atomic mass is 28.3. The van der Waals surface area contributed by atoms with E-state index >= 15 is 0 Å². The fourth-order valence-electron chi connectivity index (χ4n) is 4.61. The number of hydrogen-bond donors (Lipinski definition) is 1. The summed E-state index contributed by atoms with van der Waals surface area (Å²) in [5.74, 6) is -0.173. The Morgan fingerprint density at radius 1 is 1.00 bits per heavy atom. The SMILES string of the molecule is CC[Si](CC)(CC)CCc1ccc(OC(C)=O)c(C)c1C(=O)Nc1cccc2cccnc12. The number of aromatic nitrogens is 1. The van der Waals surface area contributed by atoms with Crippen molar-refractivity contribution >= 4 is 36.5 Å². The molecular formula is C27H34N2O3Si. The van der Waals surface area contributed by atoms with Crippen molar-refractivity contribution in [3.05, 3.63) is 65.4 Å². The number of nitrogens with zero attached hydrogens (tertiary/aromatic N) is 1. The Morgan fingerprint density at radius 2 is 1.70 bits per heavy atom. The van der Waals surface area contributed by atoms with Crippen LogP contribution in [0.5, 0.6) is 5.75 Å². The van der Waals surface area contributed by atoms with Gasteiger partial charge in [-0.1, -0.05) is 69.2 Å². The fourth-order valence-corrected chi connectivity index (χ4v) is 7.97. The van der Waals surface area contributed by atoms with Gasteiger partial charge < -0.3 is 10.1 Å². The Bertz CT molecular complexity index is 1140. The second-order valence-corrected chi connectivity index (χ2v) is 14.3. The van der Waals surface area contributed by atoms with Crippen LogP contribution >= 0.6 is 0 Å². The molecule has 0 saturated heterocycles. The third-order valence-electron chi connectivity index (χ3n) is 7.04. The van der Waals surface area contributed by atoms with Gasteiger partial charge in [0.25, 0.3) is 5.91 Å². The molecule has 33 heavy (non-hydrogen) atoms. The van der Waals surface area contributed by atoms with Crippen molar-refractivity contribution in [2.45, 2.75) is 65.2 Å². The van der Waals surface area contributed by atoms with E-state index in [0.29, 0.717) is 22.6 Å². The molecule has 3 aromatic rings. The molecule has 5 nitrogen and oxygen atoms in total. The van der Waals surface area contributed by atoms with Gasteiger partial charge in [0.1, 0.15) is 5.75 Å². The second-order valence-electron chi connectivity index (χ2n) is 8.71. The molecule has 1 amide bonds. The van der Waals surface area contributed by atoms with Crippen LogP contribution in [-0.4, -0.2) is 24.9 Å². The number of amides is 1. The summed E-state index contributed by atoms with van der Waals surface area (Å²) in [6.45, 7) is 10.1. The fraction of sp³-hybridized carbons (Fsp3) is 0.370. The smallest absolute Gasteiger partial charge is 0.308 e. The van der Waals surface area contributed by atoms with Crippen molar-refractivity contribution in [2.24, 2.45) is 0 Å². The predicted molar refractivity (Wildman–Crippen MR) is 138 cm³/mol. The van der Waals surface area contributed by atoms with Gasteiger partial charge in [-0.05, 0) is 37.1 Å². The van der Waals surface area contributed by atoms with E-state index in [9.17, 15) is 9.59 Å². The minimum Gasteiger partial charge on any atom is -0.426 e. The number of esters is 1. The molecule has 0 aliphatic heterocycles. The first-order chi connectivity index (χ1) is 15.8. The number of carbonyl (C=O) groups excluding carboxylic acids is 2. The number of hydrogen-bond acceptors (Lipinski definition) is 4. The number of para-hydroxylation sites is 1. The number of nitrogens with one attached hydrogen (secondary N) is 1. The number of rotatable bonds is 9. The molecule has 0 atom stereocenters. The van der Waals surface area contributed by atoms with E-state index in [1.165, 1.54) is 25.1 Å². The lowest BCUT2D eigenvalue weighted by atomic mass is 9.98. The van der Waals surface area contributed by atoms with Crippen LogP contribution in [0.3, 0.4) is 0 Å². The number of benzene rings is 2. The highest BCUT2D eigenvalue weighted by molar-refractivity contribution is 6.79. The number of aryl methyl sites for hydroxylation is 1. The van der Waals surface area contributed by atoms with Gasteiger partial charge in [-0.2, -0.15) is 0 Å². The average Bonchev–Trinajstić information content (AvgIpc) is 2.82. The van der Waals surface area contributed by atoms with Crippen LogP contribution in [0.25, 0.3) is 10.9 Å². The third-order valence-corrected chi connectivity index (χ3v) is 12.8. The molecular weight excluding hydrogens is 428 g/mol. The summed E-state index contributed by atoms with van der Waals surface area (Å²) in [4.78, 5) is 29.7. The van der Waals surface area contributed by atoms with Crippen LogP contribution in [0.1, 0.15) is 49.2 Å². The van der Waals surface area contributed by atoms with Crippen LogP contribution in [0, 0.1) is 6.92 Å². The molecule has 3 rings (SSSR count). The minimum absolute atomic E-state index is 0.202. The maximum atomic E-state index is 13.6. The van der Waals surface area contributed by atoms with E-state index in [4.69, 9.17) is 4.74 Å². The molecule has 0 aliphatic rings. The van der Waals surface area contributed by atoms with Crippen LogP contribution in [-0.2, 0) is 11.2 Å². The van der Waals surface area contributed by atoms with E-state index in [1.54, 1.807) is 6.20 Å². The zero-order chi connectivity index (χ0) is 24.0. The summed E-state index contributed by atoms with van der Waals surface area (Å²) in [7, 11) is -1.35. The number of pyridine rings is 1. The van der Waals surface area contributed by atoms with Crippen molar-refractivity contribution in [3.63, 3.8) is 0 Å². The molecule has 0 spiro atoms. The largest absolute Gasteiger partial charge is 0.426 e. The summed E-state index contributed by atoms with van der Waals surface area (Å²) >= 11 is 0. The predicted octanol–water partition coefficient (Wildman–Crippen LogP) is 6.77. The molecule has 0 radical (unpaired) electrons. The van der Waals surface area contributed by atoms with Gasteiger partial charge in [0.05, 0.1) is 19.3 Å². The number of ether oxygens (including phenoxy) is 1. The summed E-state index contributed by atoms with van der Waals surface area (Å²) < 4.78 is 5.40. The van der Waals surface area contributed by atoms with Gasteiger partial charge in [0.2, 0.25) is 0 Å². The molecule has 0 unspecified atom stereocenters. The molecule has 174 valence electrons. The van der Waals surface area contributed by atoms with E-state index in [1.807, 2.05) is 49.4 Å². The first-order valence-corrected chi connectivity index (χ1v) is 14.6. The van der Waals surface area contributed by atoms with E-state index in [2.05, 4.69) is 31.1 Å². The van der Waals surface area contributed by atoms with Crippen molar-refractivity contribution < 1.29 is 14.3 Å². The molecule has 1 aromatic heterocycles. The standard InChI is InChI=1S/C27H34N2O3Si/c1-6-33(7-2,8-3)18-16-21-14-15-24(32-20(5)30)19(4)25(21)27(31)29-23-13-9-11-22-12-10-17-28-26(22)23/h9-15,17H,6-8,16,18H2,1-5H3,(H,29,31). The Labute approximate surface area is 197 Å². The monoisotopic (exact) mass is 462 g/mol. The Kier molecular flexibility index (Phi) is 8.03. The molecule has 6 heteroatoms. The van der Waals surface area contributed by atoms with Gasteiger partial charge >= 0.3 is 5.97 Å². The lowest BCUT2D eigenvalue weighted by Crippen LogP contribution is -2.32. The maximum Gasteiger partial charge on any atom is 0.308 e. The third kappa shape index (κ3) is 5.50. The Morgan fingerprint density at radius 3 is 2.36 bits per heavy atom. The molecule has 0 bridgehead atoms. The normalized spacial score (nSPS) is 11.4. The van der Waals surface area contributed by atoms with Gasteiger partial charge in [-0.25, -0.2) is 0 Å². The number of carbonyl (C=O) groups is 2. The van der Waals surface area contributed by atoms with Crippen LogP contribution in [0.2, 0.25) is 24.2 Å². The number of fused-ring (bicyclic) bond motifs is 1. The molecule has 1 heterocycles. The van der Waals surface area contributed by atoms with Crippen LogP contribution in [0.15, 0.2) is 48.7 Å². The maximum absolute atomic E-state index is 13.6. The summed E-state index contributed by atoms with van der Waals surface area (Å²) in [6.07, 6.45) is 2.57. The molecule has 0 saturated carbocycles. The number of anilines is 1. The quantitative estimate of drug-likeness (QED) is 0.216. The first-order valence-electron chi connectivity index (χ1n) is 11.8. The van der Waals surface area contributed by atoms with E-state index in [0.717, 1.165) is 28.9 Å². The lowest BCUT2D eigenvalue weighted by molar-refractivity contribution is -0.131. The van der Waals surface area contributed by atoms with Crippen LogP contribution in [0.4, 0.5) is 5.69 Å². The van der Waals surface area contributed by atoms with Crippen molar-refractivity contribution in [2.75, 3.05) is 5.32 Å². The highest BCUT2D eigenvalue weighted by Gasteiger charge is 2.28. The molecule has 2 aromatic carbocycles. The first kappa shape index (κ1) is 24.6. The highest BCUT2D eigenvalue weighted by Crippen LogP contribution is 2.32. The van der Waals surface area contributed by atoms with Crippen molar-refractivity contribution in [1.82, 2.24) is 4.98 Å². The van der Waals surface area contributed by atoms with E-state index in [-0.39, 0.29) is 5.91 Å². The lowest BCUT2D eigenvalue weighted by Gasteiger charge is -2.28. The molecule has 1 N–H and O–H groups in total. The van der Waals surface area contributed by atoms with Gasteiger partial charge in [0.15, 0.2) is 0 Å². The Balaban J connectivity index is 2.01. The summed E-state index contributed by atoms with van der Waals surface area (Å²) in [6, 6.07) is 18.2.